The van der Waals surface area contributed by atoms with Gasteiger partial charge in [0.05, 0.1) is 28.1 Å². The van der Waals surface area contributed by atoms with Crippen molar-refractivity contribution in [2.75, 3.05) is 0 Å². The van der Waals surface area contributed by atoms with Gasteiger partial charge in [0.15, 0.2) is 0 Å². The third-order valence-electron chi connectivity index (χ3n) is 15.3. The molecule has 5 heteroatoms. The molecule has 75 heavy (non-hydrogen) atoms. The van der Waals surface area contributed by atoms with Gasteiger partial charge in [-0.15, -0.1) is 0 Å². The summed E-state index contributed by atoms with van der Waals surface area (Å²) in [4.78, 5) is 5.00. The molecule has 0 saturated carbocycles. The molecule has 11 aromatic rings. The van der Waals surface area contributed by atoms with Crippen LogP contribution in [0.25, 0.3) is 61.3 Å². The first-order chi connectivity index (χ1) is 35.9. The first-order valence-corrected chi connectivity index (χ1v) is 26.3. The number of hydrogen-bond donors (Lipinski definition) is 0. The van der Waals surface area contributed by atoms with Crippen molar-refractivity contribution < 1.29 is 9.30 Å². The van der Waals surface area contributed by atoms with E-state index in [0.29, 0.717) is 5.75 Å². The Morgan fingerprint density at radius 1 is 0.427 bits per heavy atom. The highest BCUT2D eigenvalue weighted by molar-refractivity contribution is 6.09. The summed E-state index contributed by atoms with van der Waals surface area (Å²) in [6.07, 6.45) is 8.11. The Balaban J connectivity index is 1.09. The third-order valence-corrected chi connectivity index (χ3v) is 15.3. The van der Waals surface area contributed by atoms with E-state index in [-0.39, 0.29) is 16.2 Å². The Kier molecular flexibility index (Phi) is 12.3. The maximum absolute atomic E-state index is 7.10. The van der Waals surface area contributed by atoms with Crippen LogP contribution in [0.1, 0.15) is 103 Å². The number of rotatable bonds is 11. The summed E-state index contributed by atoms with van der Waals surface area (Å²) in [6.45, 7) is 22.8. The largest absolute Gasteiger partial charge is 0.458 e. The highest BCUT2D eigenvalue weighted by atomic mass is 16.5. The minimum atomic E-state index is -0.431. The second-order valence-corrected chi connectivity index (χ2v) is 23.3. The van der Waals surface area contributed by atoms with E-state index in [0.717, 1.165) is 67.3 Å². The zero-order valence-electron chi connectivity index (χ0n) is 45.0. The zero-order chi connectivity index (χ0) is 52.3. The number of nitrogens with zero attached hydrogens (tertiary/aromatic N) is 4. The van der Waals surface area contributed by atoms with Crippen molar-refractivity contribution in [1.29, 1.82) is 0 Å². The summed E-state index contributed by atoms with van der Waals surface area (Å²) in [7, 11) is 0. The van der Waals surface area contributed by atoms with Crippen molar-refractivity contribution in [3.63, 3.8) is 0 Å². The van der Waals surface area contributed by atoms with E-state index in [2.05, 4.69) is 302 Å². The minimum Gasteiger partial charge on any atom is -0.458 e. The summed E-state index contributed by atoms with van der Waals surface area (Å²) in [5, 5.41) is 2.34. The number of fused-ring (bicyclic) bond motifs is 3. The summed E-state index contributed by atoms with van der Waals surface area (Å²) in [5.41, 5.74) is 15.0. The summed E-state index contributed by atoms with van der Waals surface area (Å²) in [6, 6.07) is 74.2. The Morgan fingerprint density at radius 3 is 1.64 bits per heavy atom. The average Bonchev–Trinajstić information content (AvgIpc) is 4.03. The Morgan fingerprint density at radius 2 is 1.01 bits per heavy atom. The van der Waals surface area contributed by atoms with Crippen LogP contribution < -0.4 is 9.30 Å². The quantitative estimate of drug-likeness (QED) is 0.0956. The van der Waals surface area contributed by atoms with Gasteiger partial charge in [-0.05, 0) is 128 Å². The molecule has 372 valence electrons. The molecule has 0 aliphatic rings. The predicted molar refractivity (Wildman–Crippen MR) is 310 cm³/mol. The third kappa shape index (κ3) is 9.49. The standard InChI is InChI=1S/C70H66N4O/c1-67(2,3)54-31-34-63-62(42-54)61-33-32-59(45-64(61)74(63)66-43-55(35-36-71-66)68(4,5)6)75-60-40-51(49-25-17-12-18-26-49)38-57(44-60)72-46-65(70(9,10)53-29-21-14-22-30-53)73(47-72)58-39-50(48-23-15-11-16-24-48)37-56(41-58)69(7,8)52-27-19-13-20-28-52/h11-46H,1-10H3. The van der Waals surface area contributed by atoms with E-state index in [9.17, 15) is 0 Å². The lowest BCUT2D eigenvalue weighted by molar-refractivity contribution is -0.611. The molecular formula is C70H66N4O. The van der Waals surface area contributed by atoms with E-state index in [1.165, 1.54) is 33.2 Å². The fourth-order valence-corrected chi connectivity index (χ4v) is 10.6. The summed E-state index contributed by atoms with van der Waals surface area (Å²) < 4.78 is 13.8. The van der Waals surface area contributed by atoms with Gasteiger partial charge in [0.1, 0.15) is 17.3 Å². The van der Waals surface area contributed by atoms with Crippen molar-refractivity contribution in [2.24, 2.45) is 0 Å². The second-order valence-electron chi connectivity index (χ2n) is 23.3. The van der Waals surface area contributed by atoms with Crippen LogP contribution in [0.15, 0.2) is 219 Å². The van der Waals surface area contributed by atoms with Gasteiger partial charge in [-0.1, -0.05) is 203 Å². The highest BCUT2D eigenvalue weighted by Crippen LogP contribution is 2.41. The van der Waals surface area contributed by atoms with Crippen LogP contribution in [0.2, 0.25) is 0 Å². The molecule has 3 aromatic heterocycles. The lowest BCUT2D eigenvalue weighted by Crippen LogP contribution is -2.41. The van der Waals surface area contributed by atoms with E-state index < -0.39 is 5.41 Å². The molecule has 8 aromatic carbocycles. The van der Waals surface area contributed by atoms with Crippen molar-refractivity contribution in [3.8, 4) is 50.9 Å². The van der Waals surface area contributed by atoms with Crippen molar-refractivity contribution in [1.82, 2.24) is 14.1 Å². The number of hydrogen-bond acceptors (Lipinski definition) is 2. The summed E-state index contributed by atoms with van der Waals surface area (Å²) >= 11 is 0. The molecule has 0 amide bonds. The van der Waals surface area contributed by atoms with Crippen LogP contribution in [0.5, 0.6) is 11.5 Å². The van der Waals surface area contributed by atoms with Crippen molar-refractivity contribution in [3.05, 3.63) is 258 Å². The topological polar surface area (TPSA) is 35.9 Å². The van der Waals surface area contributed by atoms with Crippen molar-refractivity contribution >= 4 is 21.8 Å². The predicted octanol–water partition coefficient (Wildman–Crippen LogP) is 17.4. The normalized spacial score (nSPS) is 12.4. The highest BCUT2D eigenvalue weighted by Gasteiger charge is 2.31. The molecule has 0 aliphatic heterocycles. The first-order valence-electron chi connectivity index (χ1n) is 26.3. The Labute approximate surface area is 443 Å². The molecule has 0 N–H and O–H groups in total. The van der Waals surface area contributed by atoms with Gasteiger partial charge in [0.2, 0.25) is 0 Å². The number of benzene rings is 8. The number of aromatic nitrogens is 4. The molecule has 0 saturated heterocycles. The Bertz CT molecular complexity index is 3850. The zero-order valence-corrected chi connectivity index (χ0v) is 45.0. The molecule has 0 atom stereocenters. The monoisotopic (exact) mass is 979 g/mol. The van der Waals surface area contributed by atoms with E-state index in [1.54, 1.807) is 0 Å². The molecule has 0 radical (unpaired) electrons. The van der Waals surface area contributed by atoms with Gasteiger partial charge in [0.25, 0.3) is 6.33 Å². The van der Waals surface area contributed by atoms with Crippen LogP contribution in [0.4, 0.5) is 0 Å². The molecule has 0 fully saturated rings. The molecule has 0 unspecified atom stereocenters. The molecule has 5 nitrogen and oxygen atoms in total. The van der Waals surface area contributed by atoms with Gasteiger partial charge in [-0.3, -0.25) is 13.7 Å². The fourth-order valence-electron chi connectivity index (χ4n) is 10.6. The molecule has 0 bridgehead atoms. The van der Waals surface area contributed by atoms with Gasteiger partial charge in [-0.25, -0.2) is 4.98 Å². The molecule has 3 heterocycles. The van der Waals surface area contributed by atoms with Gasteiger partial charge in [-0.2, -0.15) is 0 Å². The molecule has 11 rings (SSSR count). The van der Waals surface area contributed by atoms with Crippen molar-refractivity contribution in [2.45, 2.75) is 90.9 Å². The molecular weight excluding hydrogens is 913 g/mol. The maximum atomic E-state index is 7.10. The average molecular weight is 979 g/mol. The van der Waals surface area contributed by atoms with E-state index in [4.69, 9.17) is 9.72 Å². The van der Waals surface area contributed by atoms with Crippen LogP contribution in [-0.2, 0) is 21.7 Å². The van der Waals surface area contributed by atoms with Gasteiger partial charge in [0, 0.05) is 40.1 Å². The van der Waals surface area contributed by atoms with E-state index in [1.807, 2.05) is 6.20 Å². The van der Waals surface area contributed by atoms with Crippen LogP contribution in [0.3, 0.4) is 0 Å². The van der Waals surface area contributed by atoms with Gasteiger partial charge < -0.3 is 4.74 Å². The van der Waals surface area contributed by atoms with E-state index >= 15 is 0 Å². The first kappa shape index (κ1) is 49.0. The van der Waals surface area contributed by atoms with Crippen LogP contribution in [0, 0.1) is 6.33 Å². The SMILES string of the molecule is CC(C)(C)c1ccnc(-n2c3ccc(C(C)(C)C)cc3c3ccc(Oc4cc(-c5ccccc5)cc(-n5[c-][n+](-c6cc(-c7ccccc7)cc(C(C)(C)c7ccccc7)c6)c(C(C)(C)c6ccccc6)c5)c4)cc32)c1. The van der Waals surface area contributed by atoms with Gasteiger partial charge >= 0.3 is 0 Å². The number of pyridine rings is 1. The number of ether oxygens (including phenoxy) is 1. The molecule has 0 aliphatic carbocycles. The summed E-state index contributed by atoms with van der Waals surface area (Å²) in [5.74, 6) is 2.33. The van der Waals surface area contributed by atoms with Crippen LogP contribution in [-0.4, -0.2) is 14.1 Å². The van der Waals surface area contributed by atoms with Crippen LogP contribution >= 0.6 is 0 Å². The smallest absolute Gasteiger partial charge is 0.269 e. The Hall–Kier alpha value is -8.28. The lowest BCUT2D eigenvalue weighted by Gasteiger charge is -2.29. The molecule has 0 spiro atoms. The maximum Gasteiger partial charge on any atom is 0.269 e. The fraction of sp³-hybridized carbons (Fsp3) is 0.200. The minimum absolute atomic E-state index is 0.0134. The number of imidazole rings is 1. The second kappa shape index (κ2) is 18.9. The lowest BCUT2D eigenvalue weighted by atomic mass is 9.77.